The number of nitrogens with one attached hydrogen (secondary N) is 1. The first kappa shape index (κ1) is 38.9. The van der Waals surface area contributed by atoms with Gasteiger partial charge in [0.25, 0.3) is 0 Å². The number of amides is 1. The second kappa shape index (κ2) is 14.9. The highest BCUT2D eigenvalue weighted by molar-refractivity contribution is 5.66. The van der Waals surface area contributed by atoms with Crippen LogP contribution >= 0.6 is 0 Å². The highest BCUT2D eigenvalue weighted by atomic mass is 16.5. The first-order chi connectivity index (χ1) is 18.2. The minimum atomic E-state index is -0.558. The Morgan fingerprint density at radius 2 is 1.20 bits per heavy atom. The summed E-state index contributed by atoms with van der Waals surface area (Å²) in [6.07, 6.45) is 7.69. The molecule has 0 aromatic rings. The van der Waals surface area contributed by atoms with Crippen LogP contribution in [0.3, 0.4) is 0 Å². The summed E-state index contributed by atoms with van der Waals surface area (Å²) >= 11 is 0. The van der Waals surface area contributed by atoms with Crippen molar-refractivity contribution in [3.8, 4) is 0 Å². The van der Waals surface area contributed by atoms with E-state index in [0.29, 0.717) is 6.42 Å². The summed E-state index contributed by atoms with van der Waals surface area (Å²) in [4.78, 5) is 24.0. The summed E-state index contributed by atoms with van der Waals surface area (Å²) < 4.78 is 6.14. The third kappa shape index (κ3) is 8.48. The lowest BCUT2D eigenvalue weighted by Crippen LogP contribution is -2.55. The number of aliphatic hydroxyl groups is 1. The quantitative estimate of drug-likeness (QED) is 0.114. The van der Waals surface area contributed by atoms with E-state index >= 15 is 0 Å². The predicted molar refractivity (Wildman–Crippen MR) is 170 cm³/mol. The molecule has 0 heterocycles. The number of rotatable bonds is 20. The monoisotopic (exact) mass is 568 g/mol. The van der Waals surface area contributed by atoms with Gasteiger partial charge in [0.15, 0.2) is 0 Å². The number of hydrogen-bond acceptors (Lipinski definition) is 4. The zero-order chi connectivity index (χ0) is 31.8. The average molecular weight is 568 g/mol. The van der Waals surface area contributed by atoms with Crippen molar-refractivity contribution in [3.63, 3.8) is 0 Å². The van der Waals surface area contributed by atoms with E-state index in [0.717, 1.165) is 57.8 Å². The average Bonchev–Trinajstić information content (AvgIpc) is 2.90. The fraction of sp³-hybridized carbons (Fsp3) is 0.943. The topological polar surface area (TPSA) is 75.6 Å². The number of hydrogen-bond donors (Lipinski definition) is 2. The molecule has 0 bridgehead atoms. The molecule has 5 nitrogen and oxygen atoms in total. The van der Waals surface area contributed by atoms with E-state index in [1.807, 2.05) is 0 Å². The Hall–Kier alpha value is -1.10. The molecule has 238 valence electrons. The molecule has 0 fully saturated rings. The van der Waals surface area contributed by atoms with Crippen molar-refractivity contribution in [1.82, 2.24) is 5.32 Å². The molecule has 0 aliphatic heterocycles. The molecule has 1 amide bonds. The first-order valence-corrected chi connectivity index (χ1v) is 16.2. The maximum absolute atomic E-state index is 12.4. The molecule has 0 saturated carbocycles. The summed E-state index contributed by atoms with van der Waals surface area (Å²) in [5.41, 5.74) is -1.18. The van der Waals surface area contributed by atoms with Crippen LogP contribution in [0.2, 0.25) is 0 Å². The van der Waals surface area contributed by atoms with Gasteiger partial charge in [0, 0.05) is 18.4 Å². The molecular weight excluding hydrogens is 498 g/mol. The SMILES string of the molecule is CCC(C)(C)CC(OC(C)=O)C(C)(CC)C(C)(CC)CC(O)C(C)(CC)C(C)(CC)CC(NC=O)C(C)(C)CC. The summed E-state index contributed by atoms with van der Waals surface area (Å²) in [6, 6.07) is 0.0149. The molecule has 40 heavy (non-hydrogen) atoms. The van der Waals surface area contributed by atoms with E-state index in [1.54, 1.807) is 0 Å². The van der Waals surface area contributed by atoms with Gasteiger partial charge in [-0.25, -0.2) is 0 Å². The van der Waals surface area contributed by atoms with Crippen LogP contribution < -0.4 is 5.32 Å². The Balaban J connectivity index is 6.73. The summed E-state index contributed by atoms with van der Waals surface area (Å²) in [5.74, 6) is -0.236. The van der Waals surface area contributed by atoms with Crippen molar-refractivity contribution in [3.05, 3.63) is 0 Å². The van der Waals surface area contributed by atoms with Gasteiger partial charge in [0.05, 0.1) is 6.10 Å². The van der Waals surface area contributed by atoms with Gasteiger partial charge in [-0.15, -0.1) is 0 Å². The van der Waals surface area contributed by atoms with E-state index in [2.05, 4.69) is 102 Å². The number of aliphatic hydroxyl groups excluding tert-OH is 1. The first-order valence-electron chi connectivity index (χ1n) is 16.2. The Morgan fingerprint density at radius 3 is 1.55 bits per heavy atom. The van der Waals surface area contributed by atoms with Crippen molar-refractivity contribution in [1.29, 1.82) is 0 Å². The van der Waals surface area contributed by atoms with Crippen LogP contribution in [0, 0.1) is 32.5 Å². The van der Waals surface area contributed by atoms with E-state index in [1.165, 1.54) is 6.92 Å². The van der Waals surface area contributed by atoms with Gasteiger partial charge in [-0.05, 0) is 72.0 Å². The van der Waals surface area contributed by atoms with Crippen LogP contribution in [0.25, 0.3) is 0 Å². The summed E-state index contributed by atoms with van der Waals surface area (Å²) in [5, 5.41) is 15.4. The minimum absolute atomic E-state index is 0.0149. The molecule has 0 aromatic carbocycles. The Bertz CT molecular complexity index is 794. The lowest BCUT2D eigenvalue weighted by atomic mass is 9.51. The molecule has 0 aromatic heterocycles. The van der Waals surface area contributed by atoms with E-state index in [-0.39, 0.29) is 50.6 Å². The van der Waals surface area contributed by atoms with E-state index in [9.17, 15) is 14.7 Å². The maximum atomic E-state index is 12.4. The van der Waals surface area contributed by atoms with Crippen LogP contribution in [0.1, 0.15) is 162 Å². The Kier molecular flexibility index (Phi) is 14.5. The zero-order valence-corrected chi connectivity index (χ0v) is 29.3. The van der Waals surface area contributed by atoms with Crippen molar-refractivity contribution in [2.75, 3.05) is 0 Å². The fourth-order valence-electron chi connectivity index (χ4n) is 6.91. The van der Waals surface area contributed by atoms with Crippen molar-refractivity contribution >= 4 is 12.4 Å². The lowest BCUT2D eigenvalue weighted by Gasteiger charge is -2.56. The Morgan fingerprint density at radius 1 is 0.725 bits per heavy atom. The molecule has 0 spiro atoms. The molecule has 0 aliphatic rings. The van der Waals surface area contributed by atoms with Crippen molar-refractivity contribution in [2.45, 2.75) is 180 Å². The molecule has 2 N–H and O–H groups in total. The molecule has 7 unspecified atom stereocenters. The van der Waals surface area contributed by atoms with Crippen molar-refractivity contribution < 1.29 is 19.4 Å². The van der Waals surface area contributed by atoms with Crippen LogP contribution in [0.5, 0.6) is 0 Å². The van der Waals surface area contributed by atoms with Crippen LogP contribution in [0.15, 0.2) is 0 Å². The molecule has 0 aliphatic carbocycles. The van der Waals surface area contributed by atoms with Crippen molar-refractivity contribution in [2.24, 2.45) is 32.5 Å². The lowest BCUT2D eigenvalue weighted by molar-refractivity contribution is -0.173. The second-order valence-electron chi connectivity index (χ2n) is 15.3. The number of esters is 1. The summed E-state index contributed by atoms with van der Waals surface area (Å²) in [6.45, 7) is 32.8. The summed E-state index contributed by atoms with van der Waals surface area (Å²) in [7, 11) is 0. The van der Waals surface area contributed by atoms with Crippen LogP contribution in [0.4, 0.5) is 0 Å². The third-order valence-electron chi connectivity index (χ3n) is 12.7. The van der Waals surface area contributed by atoms with Gasteiger partial charge in [-0.1, -0.05) is 110 Å². The predicted octanol–water partition coefficient (Wildman–Crippen LogP) is 9.10. The standard InChI is InChI=1S/C35H69NO4/c1-16-30(8,9)24-29(40-26(7)38)35(15,21-6)33(13,19-4)23-28(39)34(14,20-5)32(12,18-3)22-27(36-25-37)31(10,11)17-2/h25,27-29,39H,16-24H2,1-15H3,(H,36,37). The van der Waals surface area contributed by atoms with Crippen LogP contribution in [-0.4, -0.2) is 35.7 Å². The Labute approximate surface area is 249 Å². The highest BCUT2D eigenvalue weighted by Gasteiger charge is 2.55. The van der Waals surface area contributed by atoms with Gasteiger partial charge < -0.3 is 15.2 Å². The number of carbonyl (C=O) groups excluding carboxylic acids is 2. The highest BCUT2D eigenvalue weighted by Crippen LogP contribution is 2.58. The van der Waals surface area contributed by atoms with Crippen LogP contribution in [-0.2, 0) is 14.3 Å². The largest absolute Gasteiger partial charge is 0.462 e. The third-order valence-corrected chi connectivity index (χ3v) is 12.7. The van der Waals surface area contributed by atoms with Gasteiger partial charge in [-0.2, -0.15) is 0 Å². The van der Waals surface area contributed by atoms with Gasteiger partial charge in [0.1, 0.15) is 6.10 Å². The molecule has 0 rings (SSSR count). The fourth-order valence-corrected chi connectivity index (χ4v) is 6.91. The smallest absolute Gasteiger partial charge is 0.302 e. The van der Waals surface area contributed by atoms with E-state index in [4.69, 9.17) is 4.74 Å². The molecular formula is C35H69NO4. The maximum Gasteiger partial charge on any atom is 0.302 e. The molecule has 7 atom stereocenters. The zero-order valence-electron chi connectivity index (χ0n) is 29.3. The van der Waals surface area contributed by atoms with Gasteiger partial charge in [0.2, 0.25) is 6.41 Å². The van der Waals surface area contributed by atoms with E-state index < -0.39 is 6.10 Å². The molecule has 5 heteroatoms. The number of ether oxygens (including phenoxy) is 1. The van der Waals surface area contributed by atoms with Gasteiger partial charge >= 0.3 is 5.97 Å². The van der Waals surface area contributed by atoms with Gasteiger partial charge in [-0.3, -0.25) is 9.59 Å². The molecule has 0 radical (unpaired) electrons. The normalized spacial score (nSPS) is 21.1. The molecule has 0 saturated heterocycles. The minimum Gasteiger partial charge on any atom is -0.462 e. The second-order valence-corrected chi connectivity index (χ2v) is 15.3. The number of carbonyl (C=O) groups is 2.